The third-order valence-electron chi connectivity index (χ3n) is 20.8. The van der Waals surface area contributed by atoms with E-state index in [1.54, 1.807) is 161 Å². The van der Waals surface area contributed by atoms with E-state index in [2.05, 4.69) is 97.1 Å². The normalized spacial score (nSPS) is 12.4. The minimum atomic E-state index is -3.56. The van der Waals surface area contributed by atoms with Crippen LogP contribution in [0.4, 0.5) is 33.6 Å². The third kappa shape index (κ3) is 33.2. The molecule has 147 heavy (non-hydrogen) atoms. The molecule has 0 radical (unpaired) electrons. The summed E-state index contributed by atoms with van der Waals surface area (Å²) in [4.78, 5) is 99.5. The predicted octanol–water partition coefficient (Wildman–Crippen LogP) is 31.2. The zero-order valence-electron chi connectivity index (χ0n) is 90.4. The molecule has 0 aliphatic carbocycles. The second-order valence-corrected chi connectivity index (χ2v) is 52.2. The molecule has 1 aliphatic rings. The molecule has 0 saturated heterocycles. The van der Waals surface area contributed by atoms with Gasteiger partial charge < -0.3 is 66.3 Å². The second-order valence-electron chi connectivity index (χ2n) is 42.3. The quantitative estimate of drug-likeness (QED) is 0.0354. The van der Waals surface area contributed by atoms with E-state index in [1.807, 2.05) is 207 Å². The van der Waals surface area contributed by atoms with Crippen LogP contribution < -0.4 is 33.2 Å². The van der Waals surface area contributed by atoms with Crippen molar-refractivity contribution in [2.24, 2.45) is 0 Å². The Morgan fingerprint density at radius 2 is 0.374 bits per heavy atom. The molecule has 1 heterocycles. The van der Waals surface area contributed by atoms with Crippen LogP contribution in [0.25, 0.3) is 0 Å². The monoisotopic (exact) mass is 2090 g/mol. The van der Waals surface area contributed by atoms with Gasteiger partial charge in [-0.05, 0) is 380 Å². The first-order valence-corrected chi connectivity index (χ1v) is 54.4. The largest absolute Gasteiger partial charge is 0.514 e. The maximum absolute atomic E-state index is 13.1. The lowest BCUT2D eigenvalue weighted by molar-refractivity contribution is 0.0190. The number of sulfone groups is 1. The molecule has 0 N–H and O–H groups in total. The maximum atomic E-state index is 13.1. The van der Waals surface area contributed by atoms with Crippen molar-refractivity contribution in [3.8, 4) is 40.2 Å². The molecule has 0 aromatic heterocycles. The number of rotatable bonds is 17. The summed E-state index contributed by atoms with van der Waals surface area (Å²) in [5.41, 5.74) is 5.11. The van der Waals surface area contributed by atoms with Gasteiger partial charge in [0.1, 0.15) is 100 Å². The van der Waals surface area contributed by atoms with Crippen LogP contribution in [0.2, 0.25) is 0 Å². The van der Waals surface area contributed by atoms with E-state index in [0.29, 0.717) is 50.0 Å². The average Bonchev–Trinajstić information content (AvgIpc) is 0.724. The van der Waals surface area contributed by atoms with Gasteiger partial charge in [0.2, 0.25) is 9.84 Å². The number of carbonyl (C=O) groups is 7. The van der Waals surface area contributed by atoms with Gasteiger partial charge >= 0.3 is 43.1 Å². The second kappa shape index (κ2) is 47.8. The molecule has 0 spiro atoms. The number of fused-ring (bicyclic) bond motifs is 2. The molecule has 23 nitrogen and oxygen atoms in total. The van der Waals surface area contributed by atoms with Crippen LogP contribution >= 0.6 is 0 Å². The van der Waals surface area contributed by atoms with Gasteiger partial charge in [-0.1, -0.05) is 78.9 Å². The molecule has 12 aromatic rings. The average molecular weight is 2100 g/mol. The lowest BCUT2D eigenvalue weighted by Crippen LogP contribution is -2.26. The molecule has 28 heteroatoms. The van der Waals surface area contributed by atoms with E-state index in [9.17, 15) is 42.0 Å². The van der Waals surface area contributed by atoms with Crippen LogP contribution in [0, 0.1) is 83.1 Å². The molecular formula is C119H138O23S5+4. The van der Waals surface area contributed by atoms with E-state index >= 15 is 0 Å². The first-order chi connectivity index (χ1) is 68.3. The van der Waals surface area contributed by atoms with E-state index < -0.39 is 125 Å². The third-order valence-corrected chi connectivity index (χ3v) is 31.7. The number of hydrogen-bond donors (Lipinski definition) is 0. The van der Waals surface area contributed by atoms with Crippen molar-refractivity contribution < 1.29 is 108 Å². The van der Waals surface area contributed by atoms with Crippen LogP contribution in [0.3, 0.4) is 0 Å². The minimum absolute atomic E-state index is 0.244. The van der Waals surface area contributed by atoms with E-state index in [4.69, 9.17) is 66.3 Å². The Morgan fingerprint density at radius 1 is 0.211 bits per heavy atom. The summed E-state index contributed by atoms with van der Waals surface area (Å²) in [5, 5.41) is 0. The van der Waals surface area contributed by atoms with E-state index in [0.717, 1.165) is 111 Å². The molecule has 0 bridgehead atoms. The molecule has 12 aromatic carbocycles. The predicted molar refractivity (Wildman–Crippen MR) is 576 cm³/mol. The van der Waals surface area contributed by atoms with Gasteiger partial charge in [0.25, 0.3) is 0 Å². The SMILES string of the molecule is CC(C)(C)OC(=O)Oc1ccc([S+]2c3ccccc3S(=O)(=O)c3ccccc32)cc1.Cc1cc([S+](c2cc(C)c(OC(=O)OC(C)(C)C)c(C)c2)c2cc(C)c(OC(=O)OC(C)(C)C)c(C)c2)cc(C)c1OC(=O)OC(C)(C)C.Cc1cc([S+](c2ccccc2)c2cc(C)c(OC(=O)OC(C)(C)C)c(C)c2)cc(C)c1OC(=O)OC(C)(C)C.Cc1cc([S+](c2ccccc2)c2ccccc2)cc(C)c1OC(=O)OC(C)(C)C. The Morgan fingerprint density at radius 3 is 0.565 bits per heavy atom. The van der Waals surface area contributed by atoms with Gasteiger partial charge in [-0.25, -0.2) is 42.0 Å². The smallest absolute Gasteiger partial charge is 0.428 e. The maximum Gasteiger partial charge on any atom is 0.514 e. The van der Waals surface area contributed by atoms with Crippen LogP contribution in [-0.4, -0.2) is 90.7 Å². The van der Waals surface area contributed by atoms with Crippen LogP contribution in [0.5, 0.6) is 40.2 Å². The standard InChI is InChI=1S/C39H51O9S.C32H39O6S.C25H27O3S.C23H21O5S2/c1-22-16-28(17-23(2)31(22)43-34(40)46-37(7,8)9)49(29-18-24(3)32(25(4)19-29)44-35(41)47-38(10,11)12)30-20-26(5)33(27(6)21-30)45-36(42)48-39(13,14)15;1-20-16-25(17-21(2)27(20)35-29(33)37-31(5,6)7)39(24-14-12-11-13-15-24)26-18-22(3)28(23(4)19-26)36-30(34)38-32(8,9)10;1-18-16-22(17-19(2)23(18)27-24(26)28-25(3,4)5)29(20-12-8-6-9-13-20)21-14-10-7-11-15-21;1-23(2,3)28-22(24)27-16-12-14-17(15-13-16)29-18-8-4-6-10-20(18)30(25,26)21-11-7-5-9-19(21)29/h16-21H,1-15H3;11-19H,1-10H3;6-17H,1-5H3;4-15H,1-3H3/q4*+1. The van der Waals surface area contributed by atoms with Crippen molar-refractivity contribution in [3.63, 3.8) is 0 Å². The fourth-order valence-electron chi connectivity index (χ4n) is 15.3. The molecular weight excluding hydrogens is 1960 g/mol. The molecule has 1 aliphatic heterocycles. The van der Waals surface area contributed by atoms with E-state index in [-0.39, 0.29) is 10.9 Å². The van der Waals surface area contributed by atoms with Crippen LogP contribution in [0.15, 0.2) is 305 Å². The Labute approximate surface area is 878 Å². The molecule has 0 amide bonds. The lowest BCUT2D eigenvalue weighted by atomic mass is 10.1. The molecule has 0 saturated carbocycles. The van der Waals surface area contributed by atoms with E-state index in [1.165, 1.54) is 14.7 Å². The topological polar surface area (TPSA) is 283 Å². The highest BCUT2D eigenvalue weighted by atomic mass is 32.2. The summed E-state index contributed by atoms with van der Waals surface area (Å²) in [6, 6.07) is 77.0. The van der Waals surface area contributed by atoms with Gasteiger partial charge in [0, 0.05) is 72.8 Å². The lowest BCUT2D eigenvalue weighted by Gasteiger charge is -2.21. The van der Waals surface area contributed by atoms with Gasteiger partial charge in [-0.3, -0.25) is 0 Å². The summed E-state index contributed by atoms with van der Waals surface area (Å²) in [5.74, 6) is 3.22. The molecule has 0 unspecified atom stereocenters. The zero-order valence-corrected chi connectivity index (χ0v) is 94.5. The molecule has 778 valence electrons. The number of hydrogen-bond acceptors (Lipinski definition) is 23. The Hall–Kier alpha value is -13.1. The minimum Gasteiger partial charge on any atom is -0.428 e. The highest BCUT2D eigenvalue weighted by Gasteiger charge is 2.46. The van der Waals surface area contributed by atoms with Crippen molar-refractivity contribution in [1.29, 1.82) is 0 Å². The van der Waals surface area contributed by atoms with Crippen molar-refractivity contribution in [1.82, 2.24) is 0 Å². The number of carbonyl (C=O) groups excluding carboxylic acids is 7. The number of aryl methyl sites for hydroxylation is 12. The van der Waals surface area contributed by atoms with Crippen LogP contribution in [-0.2, 0) is 86.6 Å². The highest BCUT2D eigenvalue weighted by molar-refractivity contribution is 8.00. The Balaban J connectivity index is 0.000000205. The number of ether oxygens (including phenoxy) is 14. The first kappa shape index (κ1) is 116. The fourth-order valence-corrected chi connectivity index (χ4v) is 27.3. The van der Waals surface area contributed by atoms with Gasteiger partial charge in [-0.2, -0.15) is 0 Å². The highest BCUT2D eigenvalue weighted by Crippen LogP contribution is 2.48. The molecule has 0 atom stereocenters. The summed E-state index contributed by atoms with van der Waals surface area (Å²) in [6.07, 6.45) is -5.22. The summed E-state index contributed by atoms with van der Waals surface area (Å²) in [7, 11) is -5.57. The van der Waals surface area contributed by atoms with Crippen LogP contribution in [0.1, 0.15) is 212 Å². The zero-order chi connectivity index (χ0) is 109. The van der Waals surface area contributed by atoms with Crippen molar-refractivity contribution in [3.05, 3.63) is 303 Å². The number of benzene rings is 12. The Bertz CT molecular complexity index is 6390. The summed E-state index contributed by atoms with van der Waals surface area (Å²) >= 11 is 0. The molecule has 0 fully saturated rings. The van der Waals surface area contributed by atoms with Crippen molar-refractivity contribution >= 4 is 96.5 Å². The van der Waals surface area contributed by atoms with Gasteiger partial charge in [-0.15, -0.1) is 0 Å². The summed E-state index contributed by atoms with van der Waals surface area (Å²) < 4.78 is 103. The summed E-state index contributed by atoms with van der Waals surface area (Å²) in [6.45, 7) is 60.6. The molecule has 13 rings (SSSR count). The van der Waals surface area contributed by atoms with Gasteiger partial charge in [0.05, 0.1) is 32.7 Å². The fraction of sp³-hybridized carbons (Fsp3) is 0.336. The van der Waals surface area contributed by atoms with Crippen molar-refractivity contribution in [2.75, 3.05) is 0 Å². The van der Waals surface area contributed by atoms with Crippen molar-refractivity contribution in [2.45, 2.75) is 336 Å². The first-order valence-electron chi connectivity index (χ1n) is 48.0. The van der Waals surface area contributed by atoms with Gasteiger partial charge in [0.15, 0.2) is 58.7 Å². The Kier molecular flexibility index (Phi) is 37.7.